The van der Waals surface area contributed by atoms with Crippen molar-refractivity contribution in [1.82, 2.24) is 15.4 Å². The lowest BCUT2D eigenvalue weighted by Crippen LogP contribution is -2.34. The van der Waals surface area contributed by atoms with Crippen molar-refractivity contribution in [2.45, 2.75) is 18.9 Å². The molecule has 2 heterocycles. The monoisotopic (exact) mass is 195 g/mol. The van der Waals surface area contributed by atoms with Crippen LogP contribution in [0.2, 0.25) is 0 Å². The standard InChI is InChI=1S/C10H14FN3/c1-12-14-4-2-3-10(14)8-5-9(11)7-13-6-8/h5-7,10,12H,2-4H2,1H3/t10-/m1/s1. The third-order valence-corrected chi connectivity index (χ3v) is 2.65. The van der Waals surface area contributed by atoms with Gasteiger partial charge in [-0.2, -0.15) is 0 Å². The van der Waals surface area contributed by atoms with Crippen molar-refractivity contribution < 1.29 is 4.39 Å². The van der Waals surface area contributed by atoms with Crippen LogP contribution in [0, 0.1) is 5.82 Å². The molecule has 4 heteroatoms. The second kappa shape index (κ2) is 4.02. The minimum absolute atomic E-state index is 0.259. The van der Waals surface area contributed by atoms with Gasteiger partial charge in [0.15, 0.2) is 0 Å². The van der Waals surface area contributed by atoms with E-state index in [9.17, 15) is 4.39 Å². The normalized spacial score (nSPS) is 22.9. The number of nitrogens with zero attached hydrogens (tertiary/aromatic N) is 2. The predicted molar refractivity (Wildman–Crippen MR) is 51.9 cm³/mol. The topological polar surface area (TPSA) is 28.2 Å². The molecule has 0 aliphatic carbocycles. The lowest BCUT2D eigenvalue weighted by molar-refractivity contribution is 0.190. The second-order valence-corrected chi connectivity index (χ2v) is 3.51. The molecular formula is C10H14FN3. The van der Waals surface area contributed by atoms with Crippen molar-refractivity contribution in [3.05, 3.63) is 29.8 Å². The van der Waals surface area contributed by atoms with Gasteiger partial charge < -0.3 is 0 Å². The summed E-state index contributed by atoms with van der Waals surface area (Å²) in [6.45, 7) is 1.01. The molecule has 14 heavy (non-hydrogen) atoms. The van der Waals surface area contributed by atoms with E-state index in [-0.39, 0.29) is 11.9 Å². The Morgan fingerprint density at radius 2 is 2.43 bits per heavy atom. The highest BCUT2D eigenvalue weighted by Crippen LogP contribution is 2.29. The Hall–Kier alpha value is -1.00. The summed E-state index contributed by atoms with van der Waals surface area (Å²) in [6.07, 6.45) is 5.18. The fourth-order valence-electron chi connectivity index (χ4n) is 1.99. The van der Waals surface area contributed by atoms with Crippen LogP contribution in [0.3, 0.4) is 0 Å². The number of rotatable bonds is 2. The van der Waals surface area contributed by atoms with Crippen LogP contribution in [0.5, 0.6) is 0 Å². The predicted octanol–water partition coefficient (Wildman–Crippen LogP) is 1.49. The molecule has 1 aromatic heterocycles. The van der Waals surface area contributed by atoms with Gasteiger partial charge >= 0.3 is 0 Å². The van der Waals surface area contributed by atoms with E-state index in [1.165, 1.54) is 6.20 Å². The molecule has 2 rings (SSSR count). The highest BCUT2D eigenvalue weighted by atomic mass is 19.1. The van der Waals surface area contributed by atoms with E-state index in [1.807, 2.05) is 7.05 Å². The van der Waals surface area contributed by atoms with Crippen molar-refractivity contribution in [2.75, 3.05) is 13.6 Å². The molecule has 0 saturated carbocycles. The Bertz CT molecular complexity index is 316. The molecule has 0 amide bonds. The molecule has 1 aliphatic heterocycles. The van der Waals surface area contributed by atoms with Gasteiger partial charge in [-0.1, -0.05) is 0 Å². The molecule has 0 radical (unpaired) electrons. The van der Waals surface area contributed by atoms with Gasteiger partial charge in [0.05, 0.1) is 12.2 Å². The summed E-state index contributed by atoms with van der Waals surface area (Å²) in [5.41, 5.74) is 4.07. The molecule has 1 aliphatic rings. The molecule has 0 bridgehead atoms. The number of hydrogen-bond acceptors (Lipinski definition) is 3. The number of aromatic nitrogens is 1. The van der Waals surface area contributed by atoms with Gasteiger partial charge in [-0.25, -0.2) is 9.40 Å². The first-order chi connectivity index (χ1) is 6.81. The second-order valence-electron chi connectivity index (χ2n) is 3.51. The van der Waals surface area contributed by atoms with Gasteiger partial charge in [-0.15, -0.1) is 0 Å². The van der Waals surface area contributed by atoms with Crippen LogP contribution in [0.1, 0.15) is 24.4 Å². The number of pyridine rings is 1. The van der Waals surface area contributed by atoms with Crippen LogP contribution in [0.25, 0.3) is 0 Å². The third kappa shape index (κ3) is 1.76. The Morgan fingerprint density at radius 3 is 3.14 bits per heavy atom. The van der Waals surface area contributed by atoms with Gasteiger partial charge in [0, 0.05) is 12.7 Å². The van der Waals surface area contributed by atoms with E-state index in [0.717, 1.165) is 24.9 Å². The van der Waals surface area contributed by atoms with Crippen molar-refractivity contribution >= 4 is 0 Å². The Morgan fingerprint density at radius 1 is 1.57 bits per heavy atom. The van der Waals surface area contributed by atoms with Gasteiger partial charge in [0.1, 0.15) is 5.82 Å². The zero-order chi connectivity index (χ0) is 9.97. The van der Waals surface area contributed by atoms with E-state index >= 15 is 0 Å². The fraction of sp³-hybridized carbons (Fsp3) is 0.500. The molecule has 3 nitrogen and oxygen atoms in total. The summed E-state index contributed by atoms with van der Waals surface area (Å²) in [5, 5.41) is 2.12. The van der Waals surface area contributed by atoms with Gasteiger partial charge in [0.2, 0.25) is 0 Å². The largest absolute Gasteiger partial charge is 0.261 e. The lowest BCUT2D eigenvalue weighted by Gasteiger charge is -2.23. The number of hydrazine groups is 1. The van der Waals surface area contributed by atoms with Gasteiger partial charge in [-0.05, 0) is 31.5 Å². The molecule has 1 saturated heterocycles. The molecule has 1 aromatic rings. The third-order valence-electron chi connectivity index (χ3n) is 2.65. The van der Waals surface area contributed by atoms with Crippen molar-refractivity contribution in [1.29, 1.82) is 0 Å². The Labute approximate surface area is 82.9 Å². The average Bonchev–Trinajstić information content (AvgIpc) is 2.65. The van der Waals surface area contributed by atoms with Crippen LogP contribution < -0.4 is 5.43 Å². The average molecular weight is 195 g/mol. The highest BCUT2D eigenvalue weighted by molar-refractivity contribution is 5.16. The molecule has 0 spiro atoms. The molecule has 0 aromatic carbocycles. The van der Waals surface area contributed by atoms with E-state index in [4.69, 9.17) is 0 Å². The highest BCUT2D eigenvalue weighted by Gasteiger charge is 2.25. The maximum atomic E-state index is 13.0. The minimum atomic E-state index is -0.259. The van der Waals surface area contributed by atoms with Crippen molar-refractivity contribution in [3.8, 4) is 0 Å². The maximum Gasteiger partial charge on any atom is 0.141 e. The number of halogens is 1. The van der Waals surface area contributed by atoms with Crippen LogP contribution in [0.15, 0.2) is 18.5 Å². The summed E-state index contributed by atoms with van der Waals surface area (Å²) in [4.78, 5) is 3.87. The summed E-state index contributed by atoms with van der Waals surface area (Å²) < 4.78 is 13.0. The van der Waals surface area contributed by atoms with Crippen LogP contribution in [-0.2, 0) is 0 Å². The molecule has 76 valence electrons. The molecule has 1 N–H and O–H groups in total. The molecular weight excluding hydrogens is 181 g/mol. The van der Waals surface area contributed by atoms with Gasteiger partial charge in [-0.3, -0.25) is 10.4 Å². The van der Waals surface area contributed by atoms with E-state index < -0.39 is 0 Å². The summed E-state index contributed by atoms with van der Waals surface area (Å²) in [5.74, 6) is -0.259. The first-order valence-corrected chi connectivity index (χ1v) is 4.86. The summed E-state index contributed by atoms with van der Waals surface area (Å²) >= 11 is 0. The summed E-state index contributed by atoms with van der Waals surface area (Å²) in [7, 11) is 1.89. The smallest absolute Gasteiger partial charge is 0.141 e. The molecule has 1 atom stereocenters. The fourth-order valence-corrected chi connectivity index (χ4v) is 1.99. The van der Waals surface area contributed by atoms with E-state index in [1.54, 1.807) is 12.3 Å². The summed E-state index contributed by atoms with van der Waals surface area (Å²) in [6, 6.07) is 1.83. The first-order valence-electron chi connectivity index (χ1n) is 4.86. The van der Waals surface area contributed by atoms with Crippen LogP contribution in [0.4, 0.5) is 4.39 Å². The lowest BCUT2D eigenvalue weighted by atomic mass is 10.1. The SMILES string of the molecule is CNN1CCC[C@@H]1c1cncc(F)c1. The van der Waals surface area contributed by atoms with Crippen LogP contribution >= 0.6 is 0 Å². The quantitative estimate of drug-likeness (QED) is 0.775. The Kier molecular flexibility index (Phi) is 2.74. The van der Waals surface area contributed by atoms with Crippen LogP contribution in [-0.4, -0.2) is 23.6 Å². The Balaban J connectivity index is 2.21. The molecule has 0 unspecified atom stereocenters. The number of hydrogen-bond donors (Lipinski definition) is 1. The van der Waals surface area contributed by atoms with E-state index in [0.29, 0.717) is 0 Å². The minimum Gasteiger partial charge on any atom is -0.261 e. The van der Waals surface area contributed by atoms with Gasteiger partial charge in [0.25, 0.3) is 0 Å². The van der Waals surface area contributed by atoms with Crippen molar-refractivity contribution in [3.63, 3.8) is 0 Å². The van der Waals surface area contributed by atoms with E-state index in [2.05, 4.69) is 15.4 Å². The number of nitrogens with one attached hydrogen (secondary N) is 1. The first kappa shape index (κ1) is 9.55. The molecule has 1 fully saturated rings. The zero-order valence-electron chi connectivity index (χ0n) is 8.20. The maximum absolute atomic E-state index is 13.0. The zero-order valence-corrected chi connectivity index (χ0v) is 8.20. The van der Waals surface area contributed by atoms with Crippen molar-refractivity contribution in [2.24, 2.45) is 0 Å².